The van der Waals surface area contributed by atoms with Crippen molar-refractivity contribution in [1.29, 1.82) is 0 Å². The van der Waals surface area contributed by atoms with E-state index in [-0.39, 0.29) is 5.54 Å². The van der Waals surface area contributed by atoms with E-state index < -0.39 is 0 Å². The number of piperazine rings is 1. The summed E-state index contributed by atoms with van der Waals surface area (Å²) in [5.74, 6) is 1.52. The molecular formula is C15H30N6. The van der Waals surface area contributed by atoms with E-state index in [1.807, 2.05) is 7.05 Å². The Kier molecular flexibility index (Phi) is 5.32. The maximum atomic E-state index is 4.36. The van der Waals surface area contributed by atoms with Gasteiger partial charge >= 0.3 is 0 Å². The van der Waals surface area contributed by atoms with E-state index in [1.54, 1.807) is 4.80 Å². The molecule has 1 aromatic rings. The third-order valence-electron chi connectivity index (χ3n) is 5.31. The normalized spacial score (nSPS) is 24.1. The van der Waals surface area contributed by atoms with E-state index in [2.05, 4.69) is 53.3 Å². The zero-order valence-electron chi connectivity index (χ0n) is 14.1. The van der Waals surface area contributed by atoms with Gasteiger partial charge in [-0.2, -0.15) is 4.80 Å². The first-order chi connectivity index (χ1) is 10.0. The number of tetrazole rings is 1. The number of hydrogen-bond donors (Lipinski definition) is 1. The molecule has 6 heteroatoms. The summed E-state index contributed by atoms with van der Waals surface area (Å²) in [6.07, 6.45) is 3.49. The average Bonchev–Trinajstić information content (AvgIpc) is 2.92. The third-order valence-corrected chi connectivity index (χ3v) is 5.31. The summed E-state index contributed by atoms with van der Waals surface area (Å²) in [6, 6.07) is 0.554. The van der Waals surface area contributed by atoms with Crippen LogP contribution in [0.25, 0.3) is 0 Å². The highest BCUT2D eigenvalue weighted by Gasteiger charge is 2.40. The van der Waals surface area contributed by atoms with Crippen LogP contribution in [0.5, 0.6) is 0 Å². The first-order valence-corrected chi connectivity index (χ1v) is 8.26. The summed E-state index contributed by atoms with van der Waals surface area (Å²) in [5.41, 5.74) is 0.211. The Morgan fingerprint density at radius 2 is 2.05 bits per heavy atom. The lowest BCUT2D eigenvalue weighted by Crippen LogP contribution is -2.65. The highest BCUT2D eigenvalue weighted by atomic mass is 15.6. The lowest BCUT2D eigenvalue weighted by molar-refractivity contribution is 0.0116. The van der Waals surface area contributed by atoms with E-state index in [4.69, 9.17) is 0 Å². The second kappa shape index (κ2) is 6.83. The van der Waals surface area contributed by atoms with Gasteiger partial charge in [0.05, 0.1) is 13.6 Å². The Morgan fingerprint density at radius 1 is 1.33 bits per heavy atom. The monoisotopic (exact) mass is 294 g/mol. The van der Waals surface area contributed by atoms with E-state index in [1.165, 1.54) is 6.42 Å². The van der Waals surface area contributed by atoms with Crippen molar-refractivity contribution in [3.63, 3.8) is 0 Å². The molecular weight excluding hydrogens is 264 g/mol. The molecule has 1 fully saturated rings. The number of aryl methyl sites for hydroxylation is 1. The minimum Gasteiger partial charge on any atom is -0.311 e. The molecule has 0 aromatic carbocycles. The molecule has 0 saturated carbocycles. The van der Waals surface area contributed by atoms with Crippen molar-refractivity contribution in [2.24, 2.45) is 13.0 Å². The van der Waals surface area contributed by atoms with Gasteiger partial charge in [0.1, 0.15) is 0 Å². The van der Waals surface area contributed by atoms with Crippen molar-refractivity contribution in [1.82, 2.24) is 30.4 Å². The minimum atomic E-state index is 0.211. The fraction of sp³-hybridized carbons (Fsp3) is 0.933. The Morgan fingerprint density at radius 3 is 2.57 bits per heavy atom. The predicted molar refractivity (Wildman–Crippen MR) is 83.8 cm³/mol. The summed E-state index contributed by atoms with van der Waals surface area (Å²) in [5, 5.41) is 16.3. The molecule has 2 atom stereocenters. The van der Waals surface area contributed by atoms with Crippen molar-refractivity contribution in [2.75, 3.05) is 13.1 Å². The molecule has 2 unspecified atom stereocenters. The van der Waals surface area contributed by atoms with Gasteiger partial charge in [0.15, 0.2) is 5.82 Å². The van der Waals surface area contributed by atoms with Gasteiger partial charge in [0.2, 0.25) is 0 Å². The quantitative estimate of drug-likeness (QED) is 0.863. The van der Waals surface area contributed by atoms with Gasteiger partial charge < -0.3 is 5.32 Å². The van der Waals surface area contributed by atoms with Crippen LogP contribution in [0.1, 0.15) is 52.8 Å². The van der Waals surface area contributed by atoms with Gasteiger partial charge in [-0.3, -0.25) is 4.90 Å². The van der Waals surface area contributed by atoms with Crippen molar-refractivity contribution < 1.29 is 0 Å². The number of rotatable bonds is 6. The summed E-state index contributed by atoms with van der Waals surface area (Å²) in [7, 11) is 1.82. The molecule has 2 heterocycles. The van der Waals surface area contributed by atoms with Crippen molar-refractivity contribution in [2.45, 2.75) is 65.1 Å². The third kappa shape index (κ3) is 3.43. The molecule has 0 spiro atoms. The molecule has 1 N–H and O–H groups in total. The van der Waals surface area contributed by atoms with Crippen LogP contribution in [-0.2, 0) is 13.6 Å². The summed E-state index contributed by atoms with van der Waals surface area (Å²) >= 11 is 0. The Labute approximate surface area is 128 Å². The molecule has 6 nitrogen and oxygen atoms in total. The second-order valence-corrected chi connectivity index (χ2v) is 6.38. The van der Waals surface area contributed by atoms with Crippen LogP contribution in [0, 0.1) is 5.92 Å². The van der Waals surface area contributed by atoms with Gasteiger partial charge in [0, 0.05) is 24.7 Å². The fourth-order valence-corrected chi connectivity index (χ4v) is 3.33. The van der Waals surface area contributed by atoms with Gasteiger partial charge in [-0.15, -0.1) is 10.2 Å². The van der Waals surface area contributed by atoms with Crippen LogP contribution in [0.2, 0.25) is 0 Å². The highest BCUT2D eigenvalue weighted by molar-refractivity contribution is 4.99. The van der Waals surface area contributed by atoms with Gasteiger partial charge in [-0.05, 0) is 24.0 Å². The van der Waals surface area contributed by atoms with Gasteiger partial charge in [-0.25, -0.2) is 0 Å². The van der Waals surface area contributed by atoms with Crippen LogP contribution in [0.3, 0.4) is 0 Å². The molecule has 0 bridgehead atoms. The molecule has 0 aliphatic carbocycles. The number of nitrogens with zero attached hydrogens (tertiary/aromatic N) is 5. The van der Waals surface area contributed by atoms with Crippen LogP contribution in [0.15, 0.2) is 0 Å². The van der Waals surface area contributed by atoms with Crippen molar-refractivity contribution in [3.8, 4) is 0 Å². The SMILES string of the molecule is CCC(C)C1CN(Cc2nnn(C)n2)C(CC)(CC)CN1. The first kappa shape index (κ1) is 16.4. The van der Waals surface area contributed by atoms with E-state index >= 15 is 0 Å². The van der Waals surface area contributed by atoms with Crippen LogP contribution >= 0.6 is 0 Å². The molecule has 2 rings (SSSR count). The average molecular weight is 294 g/mol. The standard InChI is InChI=1S/C15H30N6/c1-6-12(4)13-9-21(10-14-17-19-20(5)18-14)15(7-2,8-3)11-16-13/h12-13,16H,6-11H2,1-5H3. The lowest BCUT2D eigenvalue weighted by atomic mass is 9.84. The van der Waals surface area contributed by atoms with Crippen LogP contribution < -0.4 is 5.32 Å². The summed E-state index contributed by atoms with van der Waals surface area (Å²) < 4.78 is 0. The van der Waals surface area contributed by atoms with E-state index in [0.717, 1.165) is 38.3 Å². The maximum absolute atomic E-state index is 4.36. The van der Waals surface area contributed by atoms with Crippen LogP contribution in [0.4, 0.5) is 0 Å². The number of hydrogen-bond acceptors (Lipinski definition) is 5. The Balaban J connectivity index is 2.16. The second-order valence-electron chi connectivity index (χ2n) is 6.38. The van der Waals surface area contributed by atoms with Gasteiger partial charge in [0.25, 0.3) is 0 Å². The van der Waals surface area contributed by atoms with Crippen LogP contribution in [-0.4, -0.2) is 49.8 Å². The maximum Gasteiger partial charge on any atom is 0.188 e. The van der Waals surface area contributed by atoms with Crippen molar-refractivity contribution >= 4 is 0 Å². The molecule has 0 amide bonds. The largest absolute Gasteiger partial charge is 0.311 e. The zero-order valence-corrected chi connectivity index (χ0v) is 14.1. The van der Waals surface area contributed by atoms with E-state index in [0.29, 0.717) is 12.0 Å². The minimum absolute atomic E-state index is 0.211. The molecule has 1 aromatic heterocycles. The Bertz CT molecular complexity index is 439. The topological polar surface area (TPSA) is 58.9 Å². The number of nitrogens with one attached hydrogen (secondary N) is 1. The molecule has 120 valence electrons. The van der Waals surface area contributed by atoms with Crippen molar-refractivity contribution in [3.05, 3.63) is 5.82 Å². The first-order valence-electron chi connectivity index (χ1n) is 8.26. The smallest absolute Gasteiger partial charge is 0.188 e. The van der Waals surface area contributed by atoms with Gasteiger partial charge in [-0.1, -0.05) is 34.1 Å². The fourth-order valence-electron chi connectivity index (χ4n) is 3.33. The number of aromatic nitrogens is 4. The molecule has 21 heavy (non-hydrogen) atoms. The molecule has 0 radical (unpaired) electrons. The summed E-state index contributed by atoms with van der Waals surface area (Å²) in [4.78, 5) is 4.13. The molecule has 1 aliphatic rings. The molecule has 1 saturated heterocycles. The molecule has 1 aliphatic heterocycles. The Hall–Kier alpha value is -1.01. The zero-order chi connectivity index (χ0) is 15.5. The lowest BCUT2D eigenvalue weighted by Gasteiger charge is -2.50. The van der Waals surface area contributed by atoms with E-state index in [9.17, 15) is 0 Å². The highest BCUT2D eigenvalue weighted by Crippen LogP contribution is 2.30. The summed E-state index contributed by atoms with van der Waals surface area (Å²) in [6.45, 7) is 12.1. The predicted octanol–water partition coefficient (Wildman–Crippen LogP) is 1.59.